The van der Waals surface area contributed by atoms with E-state index in [1.807, 2.05) is 24.0 Å². The minimum atomic E-state index is 0.0639. The third-order valence-electron chi connectivity index (χ3n) is 3.35. The topological polar surface area (TPSA) is 62.4 Å². The molecule has 0 atom stereocenters. The Balaban J connectivity index is 2.00. The average molecular weight is 303 g/mol. The van der Waals surface area contributed by atoms with Crippen molar-refractivity contribution in [3.05, 3.63) is 40.9 Å². The second-order valence-corrected chi connectivity index (χ2v) is 5.81. The van der Waals surface area contributed by atoms with Gasteiger partial charge in [0.2, 0.25) is 0 Å². The molecule has 0 amide bonds. The van der Waals surface area contributed by atoms with E-state index in [0.29, 0.717) is 13.1 Å². The van der Waals surface area contributed by atoms with Crippen molar-refractivity contribution in [1.29, 1.82) is 0 Å². The Morgan fingerprint density at radius 2 is 2.14 bits per heavy atom. The highest BCUT2D eigenvalue weighted by Gasteiger charge is 2.16. The van der Waals surface area contributed by atoms with Crippen LogP contribution in [0.3, 0.4) is 0 Å². The van der Waals surface area contributed by atoms with Crippen molar-refractivity contribution in [1.82, 2.24) is 9.97 Å². The molecule has 1 N–H and O–H groups in total. The molecular formula is C15H17N3O2S. The van der Waals surface area contributed by atoms with E-state index >= 15 is 0 Å². The molecule has 0 aliphatic rings. The number of furan rings is 1. The number of rotatable bonds is 5. The second-order valence-electron chi connectivity index (χ2n) is 4.95. The van der Waals surface area contributed by atoms with Gasteiger partial charge in [0.15, 0.2) is 0 Å². The molecule has 0 aliphatic heterocycles. The van der Waals surface area contributed by atoms with E-state index in [2.05, 4.69) is 22.3 Å². The summed E-state index contributed by atoms with van der Waals surface area (Å²) in [6, 6.07) is 3.90. The number of aliphatic hydroxyl groups excluding tert-OH is 1. The lowest BCUT2D eigenvalue weighted by Gasteiger charge is -2.22. The quantitative estimate of drug-likeness (QED) is 0.785. The van der Waals surface area contributed by atoms with E-state index in [-0.39, 0.29) is 6.61 Å². The lowest BCUT2D eigenvalue weighted by atomic mass is 10.2. The third kappa shape index (κ3) is 2.77. The van der Waals surface area contributed by atoms with Crippen LogP contribution in [0.5, 0.6) is 0 Å². The predicted molar refractivity (Wildman–Crippen MR) is 83.7 cm³/mol. The third-order valence-corrected chi connectivity index (χ3v) is 4.35. The number of aryl methyl sites for hydroxylation is 2. The number of hydrogen-bond acceptors (Lipinski definition) is 6. The molecule has 3 aromatic heterocycles. The summed E-state index contributed by atoms with van der Waals surface area (Å²) in [7, 11) is 0. The first-order chi connectivity index (χ1) is 10.2. The first-order valence-electron chi connectivity index (χ1n) is 6.79. The van der Waals surface area contributed by atoms with Gasteiger partial charge in [-0.3, -0.25) is 0 Å². The molecule has 3 rings (SSSR count). The van der Waals surface area contributed by atoms with Crippen molar-refractivity contribution in [3.8, 4) is 0 Å². The van der Waals surface area contributed by atoms with E-state index in [4.69, 9.17) is 4.42 Å². The van der Waals surface area contributed by atoms with E-state index in [1.165, 1.54) is 0 Å². The molecule has 0 saturated carbocycles. The molecule has 0 unspecified atom stereocenters. The zero-order valence-electron chi connectivity index (χ0n) is 12.0. The monoisotopic (exact) mass is 303 g/mol. The smallest absolute Gasteiger partial charge is 0.141 e. The molecule has 0 bridgehead atoms. The van der Waals surface area contributed by atoms with Gasteiger partial charge >= 0.3 is 0 Å². The molecule has 110 valence electrons. The summed E-state index contributed by atoms with van der Waals surface area (Å²) in [6.07, 6.45) is 1.57. The number of fused-ring (bicyclic) bond motifs is 1. The van der Waals surface area contributed by atoms with Crippen molar-refractivity contribution < 1.29 is 9.52 Å². The predicted octanol–water partition coefficient (Wildman–Crippen LogP) is 2.90. The molecule has 0 fully saturated rings. The Morgan fingerprint density at radius 3 is 2.86 bits per heavy atom. The SMILES string of the molecule is Cc1ccc(CN(CCO)c2ncnc3scc(C)c23)o1. The van der Waals surface area contributed by atoms with Gasteiger partial charge in [-0.2, -0.15) is 0 Å². The Labute approximate surface area is 126 Å². The highest BCUT2D eigenvalue weighted by atomic mass is 32.1. The molecule has 6 heteroatoms. The van der Waals surface area contributed by atoms with Crippen molar-refractivity contribution in [2.45, 2.75) is 20.4 Å². The van der Waals surface area contributed by atoms with Gasteiger partial charge in [-0.25, -0.2) is 9.97 Å². The minimum absolute atomic E-state index is 0.0639. The lowest BCUT2D eigenvalue weighted by molar-refractivity contribution is 0.300. The van der Waals surface area contributed by atoms with Crippen molar-refractivity contribution in [3.63, 3.8) is 0 Å². The first kappa shape index (κ1) is 14.0. The molecule has 0 saturated heterocycles. The minimum Gasteiger partial charge on any atom is -0.464 e. The fourth-order valence-electron chi connectivity index (χ4n) is 2.38. The van der Waals surface area contributed by atoms with Crippen LogP contribution in [0.2, 0.25) is 0 Å². The van der Waals surface area contributed by atoms with Crippen LogP contribution in [0, 0.1) is 13.8 Å². The summed E-state index contributed by atoms with van der Waals surface area (Å²) in [4.78, 5) is 11.7. The summed E-state index contributed by atoms with van der Waals surface area (Å²) >= 11 is 1.61. The number of thiophene rings is 1. The molecular weight excluding hydrogens is 286 g/mol. The number of anilines is 1. The standard InChI is InChI=1S/C15H17N3O2S/c1-10-8-21-15-13(10)14(16-9-17-15)18(5-6-19)7-12-4-3-11(2)20-12/h3-4,8-9,19H,5-7H2,1-2H3. The van der Waals surface area contributed by atoms with Gasteiger partial charge in [0.1, 0.15) is 28.5 Å². The van der Waals surface area contributed by atoms with Gasteiger partial charge in [-0.15, -0.1) is 11.3 Å². The normalized spacial score (nSPS) is 11.2. The Kier molecular flexibility index (Phi) is 3.90. The van der Waals surface area contributed by atoms with Gasteiger partial charge in [-0.05, 0) is 36.9 Å². The zero-order chi connectivity index (χ0) is 14.8. The maximum Gasteiger partial charge on any atom is 0.141 e. The van der Waals surface area contributed by atoms with Crippen LogP contribution in [-0.4, -0.2) is 28.2 Å². The molecule has 3 heterocycles. The van der Waals surface area contributed by atoms with Crippen LogP contribution < -0.4 is 4.90 Å². The van der Waals surface area contributed by atoms with Crippen LogP contribution in [0.4, 0.5) is 5.82 Å². The molecule has 21 heavy (non-hydrogen) atoms. The van der Waals surface area contributed by atoms with Gasteiger partial charge < -0.3 is 14.4 Å². The maximum absolute atomic E-state index is 9.36. The summed E-state index contributed by atoms with van der Waals surface area (Å²) in [6.45, 7) is 5.12. The summed E-state index contributed by atoms with van der Waals surface area (Å²) in [5.41, 5.74) is 1.16. The van der Waals surface area contributed by atoms with Crippen molar-refractivity contribution >= 4 is 27.4 Å². The van der Waals surface area contributed by atoms with Crippen LogP contribution in [-0.2, 0) is 6.54 Å². The molecule has 5 nitrogen and oxygen atoms in total. The summed E-state index contributed by atoms with van der Waals surface area (Å²) < 4.78 is 5.64. The Bertz CT molecular complexity index is 750. The fourth-order valence-corrected chi connectivity index (χ4v) is 3.26. The number of nitrogens with zero attached hydrogens (tertiary/aromatic N) is 3. The van der Waals surface area contributed by atoms with Gasteiger partial charge in [-0.1, -0.05) is 0 Å². The van der Waals surface area contributed by atoms with Crippen LogP contribution in [0.25, 0.3) is 10.2 Å². The average Bonchev–Trinajstić information content (AvgIpc) is 3.05. The highest BCUT2D eigenvalue weighted by molar-refractivity contribution is 7.17. The Morgan fingerprint density at radius 1 is 1.29 bits per heavy atom. The summed E-state index contributed by atoms with van der Waals surface area (Å²) in [5, 5.41) is 12.5. The van der Waals surface area contributed by atoms with Crippen LogP contribution in [0.15, 0.2) is 28.3 Å². The van der Waals surface area contributed by atoms with Crippen LogP contribution >= 0.6 is 11.3 Å². The molecule has 0 aromatic carbocycles. The molecule has 3 aromatic rings. The lowest BCUT2D eigenvalue weighted by Crippen LogP contribution is -2.27. The van der Waals surface area contributed by atoms with E-state index in [0.717, 1.165) is 33.1 Å². The summed E-state index contributed by atoms with van der Waals surface area (Å²) in [5.74, 6) is 2.59. The number of aromatic nitrogens is 2. The van der Waals surface area contributed by atoms with E-state index in [9.17, 15) is 5.11 Å². The van der Waals surface area contributed by atoms with E-state index in [1.54, 1.807) is 17.7 Å². The maximum atomic E-state index is 9.36. The highest BCUT2D eigenvalue weighted by Crippen LogP contribution is 2.31. The van der Waals surface area contributed by atoms with E-state index < -0.39 is 0 Å². The zero-order valence-corrected chi connectivity index (χ0v) is 12.9. The molecule has 0 spiro atoms. The first-order valence-corrected chi connectivity index (χ1v) is 7.67. The number of hydrogen-bond donors (Lipinski definition) is 1. The molecule has 0 aliphatic carbocycles. The van der Waals surface area contributed by atoms with Gasteiger partial charge in [0.05, 0.1) is 18.5 Å². The van der Waals surface area contributed by atoms with Crippen molar-refractivity contribution in [2.75, 3.05) is 18.1 Å². The Hall–Kier alpha value is -1.92. The number of aliphatic hydroxyl groups is 1. The second kappa shape index (κ2) is 5.83. The molecule has 0 radical (unpaired) electrons. The fraction of sp³-hybridized carbons (Fsp3) is 0.333. The van der Waals surface area contributed by atoms with Crippen molar-refractivity contribution in [2.24, 2.45) is 0 Å². The van der Waals surface area contributed by atoms with Gasteiger partial charge in [0.25, 0.3) is 0 Å². The van der Waals surface area contributed by atoms with Crippen LogP contribution in [0.1, 0.15) is 17.1 Å². The van der Waals surface area contributed by atoms with Gasteiger partial charge in [0, 0.05) is 6.54 Å². The largest absolute Gasteiger partial charge is 0.464 e.